The molecule has 2 N–H and O–H groups in total. The number of esters is 1. The maximum atomic E-state index is 12.6. The van der Waals surface area contributed by atoms with Crippen LogP contribution in [0.2, 0.25) is 5.02 Å². The van der Waals surface area contributed by atoms with Gasteiger partial charge in [0.15, 0.2) is 6.61 Å². The van der Waals surface area contributed by atoms with Crippen molar-refractivity contribution >= 4 is 39.2 Å². The molecular weight excluding hydrogens is 392 g/mol. The number of nitrogens with zero attached hydrogens (tertiary/aromatic N) is 1. The lowest BCUT2D eigenvalue weighted by Crippen LogP contribution is -2.38. The van der Waals surface area contributed by atoms with Crippen molar-refractivity contribution in [3.8, 4) is 0 Å². The van der Waals surface area contributed by atoms with E-state index in [1.165, 1.54) is 35.2 Å². The fraction of sp³-hybridized carbons (Fsp3) is 0.222. The summed E-state index contributed by atoms with van der Waals surface area (Å²) in [6, 6.07) is 10.3. The summed E-state index contributed by atoms with van der Waals surface area (Å²) in [5, 5.41) is 5.64. The molecule has 7 nitrogen and oxygen atoms in total. The van der Waals surface area contributed by atoms with Gasteiger partial charge in [0.25, 0.3) is 5.91 Å². The highest BCUT2D eigenvalue weighted by Gasteiger charge is 2.32. The van der Waals surface area contributed by atoms with Gasteiger partial charge >= 0.3 is 5.97 Å². The van der Waals surface area contributed by atoms with Crippen LogP contribution in [0, 0.1) is 0 Å². The number of sulfonamides is 1. The van der Waals surface area contributed by atoms with Crippen LogP contribution < -0.4 is 10.0 Å². The molecule has 3 rings (SSSR count). The predicted molar refractivity (Wildman–Crippen MR) is 100 cm³/mol. The first kappa shape index (κ1) is 19.3. The third-order valence-corrected chi connectivity index (χ3v) is 5.43. The molecule has 0 saturated carbocycles. The van der Waals surface area contributed by atoms with Gasteiger partial charge in [0, 0.05) is 16.8 Å². The van der Waals surface area contributed by atoms with Crippen LogP contribution >= 0.6 is 11.6 Å². The lowest BCUT2D eigenvalue weighted by atomic mass is 10.1. The third-order valence-electron chi connectivity index (χ3n) is 4.27. The smallest absolute Gasteiger partial charge is 0.338 e. The number of carbonyl (C=O) groups is 2. The van der Waals surface area contributed by atoms with E-state index in [1.807, 2.05) is 6.92 Å². The maximum absolute atomic E-state index is 12.6. The number of carbonyl (C=O) groups excluding carboxylic acids is 2. The monoisotopic (exact) mass is 408 g/mol. The molecule has 0 spiro atoms. The minimum absolute atomic E-state index is 0.00286. The summed E-state index contributed by atoms with van der Waals surface area (Å²) in [6.45, 7) is 1.40. The molecule has 1 amide bonds. The maximum Gasteiger partial charge on any atom is 0.338 e. The molecule has 0 aromatic heterocycles. The van der Waals surface area contributed by atoms with Crippen molar-refractivity contribution in [1.29, 1.82) is 0 Å². The number of rotatable bonds is 4. The number of ether oxygens (including phenoxy) is 1. The summed E-state index contributed by atoms with van der Waals surface area (Å²) < 4.78 is 28.1. The number of hydrogen-bond acceptors (Lipinski definition) is 5. The first-order chi connectivity index (χ1) is 12.7. The molecule has 1 aliphatic heterocycles. The molecular formula is C18H17ClN2O5S. The van der Waals surface area contributed by atoms with Crippen LogP contribution in [0.5, 0.6) is 0 Å². The van der Waals surface area contributed by atoms with Gasteiger partial charge in [-0.3, -0.25) is 4.79 Å². The second kappa shape index (κ2) is 7.30. The number of halogens is 1. The largest absolute Gasteiger partial charge is 0.452 e. The van der Waals surface area contributed by atoms with E-state index in [-0.39, 0.29) is 10.9 Å². The molecule has 1 heterocycles. The summed E-state index contributed by atoms with van der Waals surface area (Å²) in [7, 11) is -3.82. The Kier molecular flexibility index (Phi) is 5.23. The topological polar surface area (TPSA) is 107 Å². The van der Waals surface area contributed by atoms with Crippen molar-refractivity contribution in [1.82, 2.24) is 0 Å². The minimum atomic E-state index is -3.82. The fourth-order valence-electron chi connectivity index (χ4n) is 3.03. The number of amides is 1. The van der Waals surface area contributed by atoms with Gasteiger partial charge in [-0.1, -0.05) is 11.6 Å². The van der Waals surface area contributed by atoms with Crippen LogP contribution in [0.3, 0.4) is 0 Å². The zero-order valence-corrected chi connectivity index (χ0v) is 16.0. The summed E-state index contributed by atoms with van der Waals surface area (Å²) in [5.41, 5.74) is 1.58. The summed E-state index contributed by atoms with van der Waals surface area (Å²) in [4.78, 5) is 26.1. The Bertz CT molecular complexity index is 1000. The highest BCUT2D eigenvalue weighted by Crippen LogP contribution is 2.33. The van der Waals surface area contributed by atoms with Crippen molar-refractivity contribution < 1.29 is 22.7 Å². The van der Waals surface area contributed by atoms with E-state index in [1.54, 1.807) is 12.1 Å². The zero-order valence-electron chi connectivity index (χ0n) is 14.4. The lowest BCUT2D eigenvalue weighted by Gasteiger charge is -2.22. The number of nitrogens with two attached hydrogens (primary N) is 1. The average molecular weight is 409 g/mol. The molecule has 142 valence electrons. The second-order valence-electron chi connectivity index (χ2n) is 6.24. The van der Waals surface area contributed by atoms with Gasteiger partial charge in [-0.05, 0) is 61.4 Å². The van der Waals surface area contributed by atoms with Gasteiger partial charge in [-0.15, -0.1) is 0 Å². The van der Waals surface area contributed by atoms with Crippen LogP contribution in [0.25, 0.3) is 0 Å². The Morgan fingerprint density at radius 1 is 1.22 bits per heavy atom. The van der Waals surface area contributed by atoms with Gasteiger partial charge in [-0.25, -0.2) is 18.4 Å². The minimum Gasteiger partial charge on any atom is -0.452 e. The molecule has 1 aliphatic rings. The van der Waals surface area contributed by atoms with Gasteiger partial charge in [0.1, 0.15) is 0 Å². The third kappa shape index (κ3) is 4.13. The molecule has 27 heavy (non-hydrogen) atoms. The van der Waals surface area contributed by atoms with Gasteiger partial charge < -0.3 is 9.64 Å². The average Bonchev–Trinajstić information content (AvgIpc) is 2.94. The van der Waals surface area contributed by atoms with Gasteiger partial charge in [0.2, 0.25) is 10.0 Å². The number of benzene rings is 2. The molecule has 0 radical (unpaired) electrons. The Morgan fingerprint density at radius 3 is 2.52 bits per heavy atom. The number of fused-ring (bicyclic) bond motifs is 1. The van der Waals surface area contributed by atoms with E-state index in [2.05, 4.69) is 0 Å². The van der Waals surface area contributed by atoms with Crippen LogP contribution in [-0.2, 0) is 26.0 Å². The number of hydrogen-bond donors (Lipinski definition) is 1. The Labute approximate surface area is 161 Å². The fourth-order valence-corrected chi connectivity index (χ4v) is 3.72. The highest BCUT2D eigenvalue weighted by atomic mass is 35.5. The van der Waals surface area contributed by atoms with E-state index in [0.29, 0.717) is 28.3 Å². The standard InChI is InChI=1S/C18H17ClN2O5S/c1-11-8-13-9-15(27(20,24)25)6-7-16(13)21(11)17(22)10-26-18(23)12-2-4-14(19)5-3-12/h2-7,9,11H,8,10H2,1H3,(H2,20,24,25)/t11-/m0/s1. The molecule has 2 aromatic rings. The van der Waals surface area contributed by atoms with Crippen LogP contribution in [0.4, 0.5) is 5.69 Å². The van der Waals surface area contributed by atoms with Crippen LogP contribution in [-0.4, -0.2) is 32.9 Å². The number of anilines is 1. The van der Waals surface area contributed by atoms with Crippen molar-refractivity contribution in [2.24, 2.45) is 5.14 Å². The van der Waals surface area contributed by atoms with Crippen LogP contribution in [0.1, 0.15) is 22.8 Å². The molecule has 9 heteroatoms. The molecule has 2 aromatic carbocycles. The lowest BCUT2D eigenvalue weighted by molar-refractivity contribution is -0.122. The molecule has 1 atom stereocenters. The van der Waals surface area contributed by atoms with E-state index < -0.39 is 28.5 Å². The summed E-state index contributed by atoms with van der Waals surface area (Å²) in [5.74, 6) is -1.02. The first-order valence-corrected chi connectivity index (χ1v) is 9.99. The van der Waals surface area contributed by atoms with Crippen molar-refractivity contribution in [3.05, 3.63) is 58.6 Å². The molecule has 0 unspecified atom stereocenters. The van der Waals surface area contributed by atoms with Crippen LogP contribution in [0.15, 0.2) is 47.4 Å². The van der Waals surface area contributed by atoms with E-state index >= 15 is 0 Å². The zero-order chi connectivity index (χ0) is 19.8. The predicted octanol–water partition coefficient (Wildman–Crippen LogP) is 2.12. The quantitative estimate of drug-likeness (QED) is 0.780. The molecule has 0 bridgehead atoms. The molecule has 0 saturated heterocycles. The van der Waals surface area contributed by atoms with Crippen molar-refractivity contribution in [3.63, 3.8) is 0 Å². The van der Waals surface area contributed by atoms with Gasteiger partial charge in [0.05, 0.1) is 10.5 Å². The van der Waals surface area contributed by atoms with E-state index in [0.717, 1.165) is 0 Å². The van der Waals surface area contributed by atoms with Crippen molar-refractivity contribution in [2.75, 3.05) is 11.5 Å². The highest BCUT2D eigenvalue weighted by molar-refractivity contribution is 7.89. The summed E-state index contributed by atoms with van der Waals surface area (Å²) in [6.07, 6.45) is 0.482. The first-order valence-electron chi connectivity index (χ1n) is 8.07. The van der Waals surface area contributed by atoms with Gasteiger partial charge in [-0.2, -0.15) is 0 Å². The van der Waals surface area contributed by atoms with E-state index in [4.69, 9.17) is 21.5 Å². The van der Waals surface area contributed by atoms with E-state index in [9.17, 15) is 18.0 Å². The normalized spacial score (nSPS) is 16.1. The number of primary sulfonamides is 1. The Hall–Kier alpha value is -2.42. The van der Waals surface area contributed by atoms with Crippen molar-refractivity contribution in [2.45, 2.75) is 24.3 Å². The second-order valence-corrected chi connectivity index (χ2v) is 8.23. The summed E-state index contributed by atoms with van der Waals surface area (Å²) >= 11 is 5.77. The SMILES string of the molecule is C[C@H]1Cc2cc(S(N)(=O)=O)ccc2N1C(=O)COC(=O)c1ccc(Cl)cc1. The Morgan fingerprint density at radius 2 is 1.89 bits per heavy atom. The molecule has 0 aliphatic carbocycles. The Balaban J connectivity index is 1.72. The molecule has 0 fully saturated rings.